The minimum absolute atomic E-state index is 0.535. The van der Waals surface area contributed by atoms with Crippen LogP contribution in [0.1, 0.15) is 11.1 Å². The Hall–Kier alpha value is -1.51. The molecule has 4 heteroatoms. The smallest absolute Gasteiger partial charge is 0.138 e. The fourth-order valence-electron chi connectivity index (χ4n) is 2.25. The molecule has 0 aliphatic heterocycles. The highest BCUT2D eigenvalue weighted by Gasteiger charge is 2.09. The second-order valence-electron chi connectivity index (χ2n) is 4.69. The van der Waals surface area contributed by atoms with Crippen LogP contribution in [0.4, 0.5) is 0 Å². The number of nitrogens with one attached hydrogen (secondary N) is 1. The quantitative estimate of drug-likeness (QED) is 0.659. The second kappa shape index (κ2) is 4.55. The highest BCUT2D eigenvalue weighted by Crippen LogP contribution is 2.29. The number of imidazole rings is 1. The largest absolute Gasteiger partial charge is 0.338 e. The molecule has 0 aliphatic carbocycles. The van der Waals surface area contributed by atoms with E-state index in [0.29, 0.717) is 10.0 Å². The summed E-state index contributed by atoms with van der Waals surface area (Å²) < 4.78 is 0. The average molecular weight is 291 g/mol. The summed E-state index contributed by atoms with van der Waals surface area (Å²) in [5, 5.41) is 1.08. The van der Waals surface area contributed by atoms with Crippen LogP contribution in [0.25, 0.3) is 22.4 Å². The fraction of sp³-hybridized carbons (Fsp3) is 0.133. The molecule has 0 amide bonds. The van der Waals surface area contributed by atoms with Crippen molar-refractivity contribution in [2.45, 2.75) is 13.8 Å². The first-order chi connectivity index (χ1) is 9.04. The monoisotopic (exact) mass is 290 g/mol. The van der Waals surface area contributed by atoms with Gasteiger partial charge in [0.2, 0.25) is 0 Å². The summed E-state index contributed by atoms with van der Waals surface area (Å²) >= 11 is 12.0. The number of hydrogen-bond donors (Lipinski definition) is 1. The van der Waals surface area contributed by atoms with Crippen molar-refractivity contribution in [1.29, 1.82) is 0 Å². The van der Waals surface area contributed by atoms with E-state index in [1.807, 2.05) is 12.1 Å². The number of H-pyrrole nitrogens is 1. The van der Waals surface area contributed by atoms with Crippen molar-refractivity contribution in [3.8, 4) is 11.4 Å². The lowest BCUT2D eigenvalue weighted by atomic mass is 10.1. The number of halogens is 2. The molecule has 1 N–H and O–H groups in total. The Morgan fingerprint density at radius 2 is 1.79 bits per heavy atom. The molecular formula is C15H12Cl2N2. The molecule has 96 valence electrons. The zero-order valence-electron chi connectivity index (χ0n) is 10.6. The summed E-state index contributed by atoms with van der Waals surface area (Å²) in [5.41, 5.74) is 5.35. The molecule has 0 fully saturated rings. The first-order valence-corrected chi connectivity index (χ1v) is 6.72. The predicted molar refractivity (Wildman–Crippen MR) is 81.0 cm³/mol. The molecule has 2 aromatic carbocycles. The summed E-state index contributed by atoms with van der Waals surface area (Å²) in [7, 11) is 0. The van der Waals surface area contributed by atoms with Gasteiger partial charge in [0, 0.05) is 5.56 Å². The standard InChI is InChI=1S/C15H12Cl2N2/c1-8-5-9(2)14-13(6-8)18-15(19-14)10-3-4-11(16)12(17)7-10/h3-7H,1-2H3,(H,18,19). The highest BCUT2D eigenvalue weighted by atomic mass is 35.5. The van der Waals surface area contributed by atoms with Crippen LogP contribution in [0.5, 0.6) is 0 Å². The number of aryl methyl sites for hydroxylation is 2. The molecule has 19 heavy (non-hydrogen) atoms. The number of nitrogens with zero attached hydrogens (tertiary/aromatic N) is 1. The van der Waals surface area contributed by atoms with Gasteiger partial charge in [-0.15, -0.1) is 0 Å². The predicted octanol–water partition coefficient (Wildman–Crippen LogP) is 5.15. The van der Waals surface area contributed by atoms with Crippen LogP contribution in [0.3, 0.4) is 0 Å². The van der Waals surface area contributed by atoms with E-state index in [4.69, 9.17) is 23.2 Å². The number of fused-ring (bicyclic) bond motifs is 1. The van der Waals surface area contributed by atoms with Crippen LogP contribution in [0, 0.1) is 13.8 Å². The van der Waals surface area contributed by atoms with Gasteiger partial charge in [0.1, 0.15) is 5.82 Å². The summed E-state index contributed by atoms with van der Waals surface area (Å²) in [5.74, 6) is 0.808. The molecule has 3 aromatic rings. The van der Waals surface area contributed by atoms with Gasteiger partial charge in [-0.3, -0.25) is 0 Å². The van der Waals surface area contributed by atoms with Crippen molar-refractivity contribution in [2.75, 3.05) is 0 Å². The van der Waals surface area contributed by atoms with Gasteiger partial charge in [0.05, 0.1) is 21.1 Å². The molecule has 0 radical (unpaired) electrons. The van der Waals surface area contributed by atoms with E-state index in [9.17, 15) is 0 Å². The van der Waals surface area contributed by atoms with Gasteiger partial charge in [-0.25, -0.2) is 4.98 Å². The Bertz CT molecular complexity index is 775. The van der Waals surface area contributed by atoms with E-state index in [0.717, 1.165) is 28.0 Å². The summed E-state index contributed by atoms with van der Waals surface area (Å²) in [6.45, 7) is 4.14. The van der Waals surface area contributed by atoms with Gasteiger partial charge in [-0.2, -0.15) is 0 Å². The third kappa shape index (κ3) is 2.22. The Morgan fingerprint density at radius 3 is 2.53 bits per heavy atom. The first-order valence-electron chi connectivity index (χ1n) is 5.97. The third-order valence-electron chi connectivity index (χ3n) is 3.11. The molecule has 0 saturated carbocycles. The van der Waals surface area contributed by atoms with Crippen LogP contribution in [-0.2, 0) is 0 Å². The summed E-state index contributed by atoms with van der Waals surface area (Å²) in [6.07, 6.45) is 0. The number of hydrogen-bond acceptors (Lipinski definition) is 1. The molecule has 2 nitrogen and oxygen atoms in total. The molecule has 0 unspecified atom stereocenters. The van der Waals surface area contributed by atoms with Gasteiger partial charge in [0.15, 0.2) is 0 Å². The van der Waals surface area contributed by atoms with E-state index < -0.39 is 0 Å². The summed E-state index contributed by atoms with van der Waals surface area (Å²) in [4.78, 5) is 7.96. The topological polar surface area (TPSA) is 28.7 Å². The number of rotatable bonds is 1. The lowest BCUT2D eigenvalue weighted by Crippen LogP contribution is -1.81. The van der Waals surface area contributed by atoms with E-state index in [2.05, 4.69) is 35.9 Å². The Balaban J connectivity index is 2.20. The van der Waals surface area contributed by atoms with E-state index in [1.165, 1.54) is 5.56 Å². The molecular weight excluding hydrogens is 279 g/mol. The Kier molecular flexibility index (Phi) is 3.00. The van der Waals surface area contributed by atoms with Gasteiger partial charge in [0.25, 0.3) is 0 Å². The van der Waals surface area contributed by atoms with Gasteiger partial charge >= 0.3 is 0 Å². The van der Waals surface area contributed by atoms with Crippen molar-refractivity contribution in [2.24, 2.45) is 0 Å². The molecule has 0 saturated heterocycles. The first kappa shape index (κ1) is 12.5. The van der Waals surface area contributed by atoms with Gasteiger partial charge in [-0.05, 0) is 49.2 Å². The number of aromatic amines is 1. The lowest BCUT2D eigenvalue weighted by Gasteiger charge is -1.99. The van der Waals surface area contributed by atoms with Gasteiger partial charge < -0.3 is 4.98 Å². The third-order valence-corrected chi connectivity index (χ3v) is 3.85. The molecule has 0 aliphatic rings. The number of benzene rings is 2. The minimum Gasteiger partial charge on any atom is -0.338 e. The van der Waals surface area contributed by atoms with Crippen molar-refractivity contribution in [3.63, 3.8) is 0 Å². The summed E-state index contributed by atoms with van der Waals surface area (Å²) in [6, 6.07) is 9.74. The fourth-order valence-corrected chi connectivity index (χ4v) is 2.55. The van der Waals surface area contributed by atoms with Crippen LogP contribution in [0.2, 0.25) is 10.0 Å². The van der Waals surface area contributed by atoms with Crippen LogP contribution in [0.15, 0.2) is 30.3 Å². The Labute approximate surface area is 121 Å². The second-order valence-corrected chi connectivity index (χ2v) is 5.51. The van der Waals surface area contributed by atoms with E-state index >= 15 is 0 Å². The minimum atomic E-state index is 0.535. The van der Waals surface area contributed by atoms with Crippen molar-refractivity contribution < 1.29 is 0 Å². The average Bonchev–Trinajstić information content (AvgIpc) is 2.76. The van der Waals surface area contributed by atoms with E-state index in [-0.39, 0.29) is 0 Å². The maximum atomic E-state index is 6.05. The molecule has 0 spiro atoms. The van der Waals surface area contributed by atoms with Crippen molar-refractivity contribution in [1.82, 2.24) is 9.97 Å². The molecule has 1 aromatic heterocycles. The van der Waals surface area contributed by atoms with Crippen LogP contribution >= 0.6 is 23.2 Å². The molecule has 0 atom stereocenters. The maximum absolute atomic E-state index is 6.05. The van der Waals surface area contributed by atoms with Crippen LogP contribution in [-0.4, -0.2) is 9.97 Å². The molecule has 0 bridgehead atoms. The Morgan fingerprint density at radius 1 is 1.00 bits per heavy atom. The molecule has 1 heterocycles. The zero-order valence-corrected chi connectivity index (χ0v) is 12.1. The van der Waals surface area contributed by atoms with Gasteiger partial charge in [-0.1, -0.05) is 29.3 Å². The van der Waals surface area contributed by atoms with Crippen molar-refractivity contribution in [3.05, 3.63) is 51.5 Å². The normalized spacial score (nSPS) is 11.2. The van der Waals surface area contributed by atoms with Crippen molar-refractivity contribution >= 4 is 34.2 Å². The zero-order chi connectivity index (χ0) is 13.6. The SMILES string of the molecule is Cc1cc(C)c2nc(-c3ccc(Cl)c(Cl)c3)[nH]c2c1. The van der Waals surface area contributed by atoms with E-state index in [1.54, 1.807) is 6.07 Å². The highest BCUT2D eigenvalue weighted by molar-refractivity contribution is 6.42. The molecule has 3 rings (SSSR count). The van der Waals surface area contributed by atoms with Crippen LogP contribution < -0.4 is 0 Å². The number of aromatic nitrogens is 2. The lowest BCUT2D eigenvalue weighted by molar-refractivity contribution is 1.33. The maximum Gasteiger partial charge on any atom is 0.138 e.